The molecule has 3 aromatic carbocycles. The van der Waals surface area contributed by atoms with Crippen LogP contribution in [0.1, 0.15) is 16.4 Å². The maximum absolute atomic E-state index is 14.0. The van der Waals surface area contributed by atoms with Gasteiger partial charge in [-0.2, -0.15) is 0 Å². The molecule has 0 saturated carbocycles. The summed E-state index contributed by atoms with van der Waals surface area (Å²) >= 11 is 2.09. The zero-order valence-corrected chi connectivity index (χ0v) is 24.6. The number of amides is 3. The number of anilines is 3. The molecule has 43 heavy (non-hydrogen) atoms. The highest BCUT2D eigenvalue weighted by molar-refractivity contribution is 8.00. The van der Waals surface area contributed by atoms with Crippen LogP contribution >= 0.6 is 23.1 Å². The van der Waals surface area contributed by atoms with E-state index in [-0.39, 0.29) is 22.8 Å². The minimum absolute atomic E-state index is 0.159. The Labute approximate surface area is 253 Å². The first-order valence-electron chi connectivity index (χ1n) is 13.3. The molecule has 0 bridgehead atoms. The molecule has 11 nitrogen and oxygen atoms in total. The maximum Gasteiger partial charge on any atom is 0.308 e. The highest BCUT2D eigenvalue weighted by Gasteiger charge is 2.56. The lowest BCUT2D eigenvalue weighted by Gasteiger charge is -2.31. The first-order chi connectivity index (χ1) is 20.6. The predicted octanol–water partition coefficient (Wildman–Crippen LogP) is 4.32. The molecule has 6 rings (SSSR count). The van der Waals surface area contributed by atoms with Gasteiger partial charge in [-0.25, -0.2) is 4.90 Å². The quantitative estimate of drug-likeness (QED) is 0.185. The van der Waals surface area contributed by atoms with Crippen molar-refractivity contribution in [1.82, 2.24) is 4.57 Å². The number of nitro benzene ring substituents is 1. The van der Waals surface area contributed by atoms with Gasteiger partial charge in [-0.3, -0.25) is 33.9 Å². The van der Waals surface area contributed by atoms with Gasteiger partial charge in [0.05, 0.1) is 21.6 Å². The fourth-order valence-corrected chi connectivity index (χ4v) is 8.21. The van der Waals surface area contributed by atoms with Crippen LogP contribution in [-0.4, -0.2) is 46.6 Å². The second kappa shape index (κ2) is 11.2. The summed E-state index contributed by atoms with van der Waals surface area (Å²) in [4.78, 5) is 68.1. The fourth-order valence-electron chi connectivity index (χ4n) is 5.44. The normalized spacial score (nSPS) is 19.1. The summed E-state index contributed by atoms with van der Waals surface area (Å²) in [6.07, 6.45) is 0. The average Bonchev–Trinajstić information content (AvgIpc) is 3.43. The number of nitro groups is 1. The number of non-ortho nitro benzene ring substituents is 1. The minimum Gasteiger partial charge on any atom is -0.378 e. The van der Waals surface area contributed by atoms with Gasteiger partial charge >= 0.3 is 4.87 Å². The van der Waals surface area contributed by atoms with Crippen molar-refractivity contribution in [3.63, 3.8) is 0 Å². The number of carbonyl (C=O) groups excluding carboxylic acids is 3. The number of thiazole rings is 1. The molecule has 3 heterocycles. The molecule has 0 spiro atoms. The molecule has 3 unspecified atom stereocenters. The first-order valence-corrected chi connectivity index (χ1v) is 15.0. The van der Waals surface area contributed by atoms with Crippen LogP contribution < -0.4 is 20.0 Å². The molecule has 218 valence electrons. The van der Waals surface area contributed by atoms with Gasteiger partial charge in [0, 0.05) is 48.4 Å². The summed E-state index contributed by atoms with van der Waals surface area (Å²) < 4.78 is 1.37. The molecular formula is C30H25N5O6S2. The van der Waals surface area contributed by atoms with E-state index in [4.69, 9.17) is 0 Å². The molecule has 2 aliphatic heterocycles. The van der Waals surface area contributed by atoms with Crippen LogP contribution in [0.15, 0.2) is 88.7 Å². The zero-order chi connectivity index (χ0) is 30.4. The predicted molar refractivity (Wildman–Crippen MR) is 165 cm³/mol. The smallest absolute Gasteiger partial charge is 0.308 e. The maximum atomic E-state index is 14.0. The van der Waals surface area contributed by atoms with Crippen LogP contribution in [0.3, 0.4) is 0 Å². The first kappa shape index (κ1) is 28.4. The van der Waals surface area contributed by atoms with Crippen LogP contribution in [0.25, 0.3) is 0 Å². The Bertz CT molecular complexity index is 1800. The van der Waals surface area contributed by atoms with Crippen molar-refractivity contribution in [1.29, 1.82) is 0 Å². The molecule has 3 amide bonds. The summed E-state index contributed by atoms with van der Waals surface area (Å²) in [5.41, 5.74) is 2.37. The Hall–Kier alpha value is -4.75. The van der Waals surface area contributed by atoms with Crippen molar-refractivity contribution in [2.24, 2.45) is 5.92 Å². The number of hydrogen-bond donors (Lipinski definition) is 1. The third-order valence-corrected chi connectivity index (χ3v) is 10.1. The third-order valence-electron chi connectivity index (χ3n) is 7.50. The summed E-state index contributed by atoms with van der Waals surface area (Å²) in [6.45, 7) is -0.259. The number of aromatic nitrogens is 1. The minimum atomic E-state index is -0.869. The van der Waals surface area contributed by atoms with Gasteiger partial charge in [0.15, 0.2) is 0 Å². The Morgan fingerprint density at radius 3 is 2.26 bits per heavy atom. The van der Waals surface area contributed by atoms with E-state index in [2.05, 4.69) is 5.32 Å². The number of imide groups is 1. The number of nitrogens with one attached hydrogen (secondary N) is 1. The number of carbonyl (C=O) groups is 3. The van der Waals surface area contributed by atoms with Crippen molar-refractivity contribution in [2.45, 2.75) is 22.7 Å². The van der Waals surface area contributed by atoms with E-state index in [9.17, 15) is 29.3 Å². The molecule has 2 aliphatic rings. The number of benzene rings is 3. The van der Waals surface area contributed by atoms with Crippen LogP contribution in [0, 0.1) is 16.0 Å². The van der Waals surface area contributed by atoms with E-state index >= 15 is 0 Å². The molecule has 3 atom stereocenters. The Balaban J connectivity index is 1.41. The average molecular weight is 616 g/mol. The highest BCUT2D eigenvalue weighted by atomic mass is 32.2. The highest BCUT2D eigenvalue weighted by Crippen LogP contribution is 2.54. The number of hydrogen-bond acceptors (Lipinski definition) is 9. The summed E-state index contributed by atoms with van der Waals surface area (Å²) in [5.74, 6) is -2.76. The van der Waals surface area contributed by atoms with E-state index in [1.165, 1.54) is 28.8 Å². The second-order valence-electron chi connectivity index (χ2n) is 10.4. The lowest BCUT2D eigenvalue weighted by molar-refractivity contribution is -0.384. The van der Waals surface area contributed by atoms with Crippen molar-refractivity contribution in [3.8, 4) is 0 Å². The Kier molecular flexibility index (Phi) is 7.36. The number of nitrogens with zero attached hydrogens (tertiary/aromatic N) is 4. The molecule has 1 fully saturated rings. The van der Waals surface area contributed by atoms with Crippen LogP contribution in [0.2, 0.25) is 0 Å². The molecule has 13 heteroatoms. The molecule has 1 N–H and O–H groups in total. The lowest BCUT2D eigenvalue weighted by Crippen LogP contribution is -2.33. The number of thioether (sulfide) groups is 1. The van der Waals surface area contributed by atoms with E-state index in [1.54, 1.807) is 24.3 Å². The SMILES string of the molecule is CN(C)c1ccc(C2c3sc(=O)n(CC(=O)Nc4ccccc4)c3SC3C(=O)N(c4ccc([N+](=O)[O-])cc4)C(=O)C32)cc1. The Morgan fingerprint density at radius 1 is 0.953 bits per heavy atom. The molecule has 1 saturated heterocycles. The van der Waals surface area contributed by atoms with Gasteiger partial charge in [-0.15, -0.1) is 0 Å². The van der Waals surface area contributed by atoms with Gasteiger partial charge in [0.25, 0.3) is 5.69 Å². The number of rotatable bonds is 7. The van der Waals surface area contributed by atoms with E-state index in [0.717, 1.165) is 39.2 Å². The molecule has 0 radical (unpaired) electrons. The van der Waals surface area contributed by atoms with Crippen molar-refractivity contribution >= 4 is 63.6 Å². The van der Waals surface area contributed by atoms with E-state index < -0.39 is 39.7 Å². The molecule has 0 aliphatic carbocycles. The fraction of sp³-hybridized carbons (Fsp3) is 0.200. The number of fused-ring (bicyclic) bond motifs is 2. The Morgan fingerprint density at radius 2 is 1.63 bits per heavy atom. The van der Waals surface area contributed by atoms with Gasteiger partial charge < -0.3 is 10.2 Å². The van der Waals surface area contributed by atoms with Crippen LogP contribution in [0.5, 0.6) is 0 Å². The largest absolute Gasteiger partial charge is 0.378 e. The van der Waals surface area contributed by atoms with Gasteiger partial charge in [0.1, 0.15) is 11.8 Å². The molecule has 1 aromatic heterocycles. The lowest BCUT2D eigenvalue weighted by atomic mass is 9.83. The topological polar surface area (TPSA) is 135 Å². The summed E-state index contributed by atoms with van der Waals surface area (Å²) in [5, 5.41) is 13.6. The molecular weight excluding hydrogens is 590 g/mol. The van der Waals surface area contributed by atoms with Gasteiger partial charge in [-0.1, -0.05) is 53.4 Å². The summed E-state index contributed by atoms with van der Waals surface area (Å²) in [7, 11) is 3.82. The van der Waals surface area contributed by atoms with Gasteiger partial charge in [0.2, 0.25) is 17.7 Å². The van der Waals surface area contributed by atoms with Crippen molar-refractivity contribution < 1.29 is 19.3 Å². The number of para-hydroxylation sites is 1. The monoisotopic (exact) mass is 615 g/mol. The van der Waals surface area contributed by atoms with Crippen molar-refractivity contribution in [3.05, 3.63) is 109 Å². The zero-order valence-electron chi connectivity index (χ0n) is 23.0. The van der Waals surface area contributed by atoms with E-state index in [1.807, 2.05) is 49.3 Å². The van der Waals surface area contributed by atoms with Gasteiger partial charge in [-0.05, 0) is 42.0 Å². The van der Waals surface area contributed by atoms with Crippen LogP contribution in [-0.2, 0) is 20.9 Å². The molecule has 4 aromatic rings. The standard InChI is InChI=1S/C30H25N5O6S2/c1-32(2)19-10-8-17(9-11-19)23-24-25(28(38)34(27(24)37)20-12-14-21(15-13-20)35(40)41)42-29-26(23)43-30(39)33(29)16-22(36)31-18-6-4-3-5-7-18/h3-15,23-25H,16H2,1-2H3,(H,31,36). The second-order valence-corrected chi connectivity index (χ2v) is 12.5. The summed E-state index contributed by atoms with van der Waals surface area (Å²) in [6, 6.07) is 21.8. The van der Waals surface area contributed by atoms with Crippen LogP contribution in [0.4, 0.5) is 22.7 Å². The third kappa shape index (κ3) is 5.10. The van der Waals surface area contributed by atoms with E-state index in [0.29, 0.717) is 15.6 Å². The van der Waals surface area contributed by atoms with Crippen molar-refractivity contribution in [2.75, 3.05) is 29.2 Å².